The minimum absolute atomic E-state index is 0.0136. The van der Waals surface area contributed by atoms with Gasteiger partial charge in [0.2, 0.25) is 17.7 Å². The lowest BCUT2D eigenvalue weighted by Gasteiger charge is -2.29. The van der Waals surface area contributed by atoms with Gasteiger partial charge in [-0.1, -0.05) is 68.7 Å². The van der Waals surface area contributed by atoms with Crippen molar-refractivity contribution in [3.63, 3.8) is 0 Å². The summed E-state index contributed by atoms with van der Waals surface area (Å²) in [6, 6.07) is 14.5. The number of carbonyl (C=O) groups is 3. The number of fused-ring (bicyclic) bond motifs is 1. The Kier molecular flexibility index (Phi) is 11.8. The van der Waals surface area contributed by atoms with Gasteiger partial charge in [0.05, 0.1) is 17.6 Å². The van der Waals surface area contributed by atoms with E-state index in [1.54, 1.807) is 26.8 Å². The summed E-state index contributed by atoms with van der Waals surface area (Å²) in [6.45, 7) is 3.84. The first kappa shape index (κ1) is 34.5. The van der Waals surface area contributed by atoms with Gasteiger partial charge in [-0.2, -0.15) is 4.39 Å². The van der Waals surface area contributed by atoms with Gasteiger partial charge in [0.25, 0.3) is 6.48 Å². The third-order valence-electron chi connectivity index (χ3n) is 7.27. The second-order valence-corrected chi connectivity index (χ2v) is 12.0. The molecule has 0 radical (unpaired) electrons. The molecule has 1 saturated heterocycles. The zero-order valence-electron chi connectivity index (χ0n) is 26.6. The van der Waals surface area contributed by atoms with Crippen molar-refractivity contribution in [2.45, 2.75) is 90.1 Å². The number of para-hydroxylation sites is 2. The summed E-state index contributed by atoms with van der Waals surface area (Å²) in [5.74, 6) is -1.18. The van der Waals surface area contributed by atoms with Crippen molar-refractivity contribution in [1.29, 1.82) is 0 Å². The van der Waals surface area contributed by atoms with Crippen LogP contribution in [0.2, 0.25) is 0 Å². The first-order valence-corrected chi connectivity index (χ1v) is 15.4. The largest absolute Gasteiger partial charge is 0.471 e. The van der Waals surface area contributed by atoms with E-state index in [0.29, 0.717) is 29.6 Å². The molecule has 13 heteroatoms. The van der Waals surface area contributed by atoms with Gasteiger partial charge in [-0.25, -0.2) is 14.8 Å². The Hall–Kier alpha value is -4.36. The van der Waals surface area contributed by atoms with Gasteiger partial charge in [-0.05, 0) is 39.3 Å². The van der Waals surface area contributed by atoms with Gasteiger partial charge in [-0.3, -0.25) is 9.59 Å². The lowest BCUT2D eigenvalue weighted by atomic mass is 10.1. The number of halogens is 1. The fraction of sp³-hybridized carbons (Fsp3) is 0.485. The molecule has 0 aliphatic carbocycles. The Morgan fingerprint density at radius 2 is 1.70 bits per heavy atom. The molecular weight excluding hydrogens is 597 g/mol. The topological polar surface area (TPSA) is 152 Å². The summed E-state index contributed by atoms with van der Waals surface area (Å²) < 4.78 is 30.4. The predicted octanol–water partition coefficient (Wildman–Crippen LogP) is 4.45. The number of alkyl carbamates (subject to hydrolysis) is 1. The second-order valence-electron chi connectivity index (χ2n) is 12.0. The number of benzene rings is 2. The molecule has 3 aromatic rings. The van der Waals surface area contributed by atoms with Crippen LogP contribution in [0.5, 0.6) is 5.88 Å². The van der Waals surface area contributed by atoms with Crippen LogP contribution in [0.4, 0.5) is 9.18 Å². The second kappa shape index (κ2) is 15.8. The number of rotatable bonds is 13. The number of hydrogen-bond acceptors (Lipinski definition) is 9. The summed E-state index contributed by atoms with van der Waals surface area (Å²) in [4.78, 5) is 50.9. The number of unbranched alkanes of at least 4 members (excludes halogenated alkanes) is 2. The van der Waals surface area contributed by atoms with Crippen LogP contribution in [-0.2, 0) is 19.1 Å². The number of carbonyl (C=O) groups excluding carboxylic acids is 3. The van der Waals surface area contributed by atoms with Crippen LogP contribution in [0.25, 0.3) is 22.3 Å². The van der Waals surface area contributed by atoms with E-state index in [4.69, 9.17) is 24.5 Å². The average Bonchev–Trinajstić information content (AvgIpc) is 3.43. The highest BCUT2D eigenvalue weighted by atomic mass is 19.1. The first-order valence-electron chi connectivity index (χ1n) is 15.4. The Bertz CT molecular complexity index is 1490. The van der Waals surface area contributed by atoms with Gasteiger partial charge in [0, 0.05) is 12.0 Å². The van der Waals surface area contributed by atoms with Crippen molar-refractivity contribution < 1.29 is 38.1 Å². The van der Waals surface area contributed by atoms with Crippen LogP contribution in [-0.4, -0.2) is 81.5 Å². The minimum atomic E-state index is -2.30. The van der Waals surface area contributed by atoms with E-state index in [1.165, 1.54) is 4.90 Å². The normalized spacial score (nSPS) is 17.7. The lowest BCUT2D eigenvalue weighted by molar-refractivity contribution is -0.152. The Labute approximate surface area is 267 Å². The highest BCUT2D eigenvalue weighted by Crippen LogP contribution is 2.32. The van der Waals surface area contributed by atoms with E-state index in [2.05, 4.69) is 10.1 Å². The van der Waals surface area contributed by atoms with Crippen LogP contribution in [0.3, 0.4) is 0 Å². The number of amides is 3. The Morgan fingerprint density at radius 1 is 1.02 bits per heavy atom. The summed E-state index contributed by atoms with van der Waals surface area (Å²) in [5.41, 5.74) is 1.70. The van der Waals surface area contributed by atoms with E-state index in [-0.39, 0.29) is 18.8 Å². The van der Waals surface area contributed by atoms with Crippen molar-refractivity contribution in [3.8, 4) is 17.1 Å². The standard InChI is InChI=1S/C33H42FN5O7/c1-5-6-8-17-25(37-32(43)46-33(2,3)4)30(42)39-19-22(18-26(39)28(41)38-31(34)44-20-40)45-29-27(21-13-9-7-10-14-21)35-23-15-11-12-16-24(23)36-29/h7,9-16,22,25-26,31,40H,5-6,8,17-20H2,1-4H3,(H,37,43)(H,38,41)/t22-,25+,26+,31?/m1/s1. The molecule has 1 aliphatic heterocycles. The molecule has 2 heterocycles. The molecule has 4 atom stereocenters. The molecule has 1 fully saturated rings. The third-order valence-corrected chi connectivity index (χ3v) is 7.27. The number of aromatic nitrogens is 2. The highest BCUT2D eigenvalue weighted by molar-refractivity contribution is 5.92. The van der Waals surface area contributed by atoms with E-state index >= 15 is 0 Å². The van der Waals surface area contributed by atoms with Crippen LogP contribution < -0.4 is 15.4 Å². The lowest BCUT2D eigenvalue weighted by Crippen LogP contribution is -2.54. The fourth-order valence-corrected chi connectivity index (χ4v) is 5.20. The van der Waals surface area contributed by atoms with Crippen molar-refractivity contribution in [2.24, 2.45) is 0 Å². The summed E-state index contributed by atoms with van der Waals surface area (Å²) in [5, 5.41) is 13.6. The SMILES string of the molecule is CCCCC[C@H](NC(=O)OC(C)(C)C)C(=O)N1C[C@H](Oc2nc3ccccc3nc2-c2ccccc2)C[C@H]1C(=O)NC(F)OCO. The molecule has 1 aliphatic rings. The fourth-order valence-electron chi connectivity index (χ4n) is 5.20. The van der Waals surface area contributed by atoms with Crippen molar-refractivity contribution in [3.05, 3.63) is 54.6 Å². The van der Waals surface area contributed by atoms with Crippen LogP contribution in [0, 0.1) is 0 Å². The zero-order valence-corrected chi connectivity index (χ0v) is 26.6. The van der Waals surface area contributed by atoms with Gasteiger partial charge < -0.3 is 34.9 Å². The Balaban J connectivity index is 1.65. The van der Waals surface area contributed by atoms with E-state index in [9.17, 15) is 18.8 Å². The number of likely N-dealkylation sites (tertiary alicyclic amines) is 1. The van der Waals surface area contributed by atoms with Gasteiger partial charge in [0.15, 0.2) is 0 Å². The molecule has 0 saturated carbocycles. The number of nitrogens with one attached hydrogen (secondary N) is 2. The van der Waals surface area contributed by atoms with E-state index < -0.39 is 55.0 Å². The number of ether oxygens (including phenoxy) is 3. The molecule has 1 aromatic heterocycles. The van der Waals surface area contributed by atoms with Gasteiger partial charge in [-0.15, -0.1) is 0 Å². The number of aliphatic hydroxyl groups excluding tert-OH is 1. The number of hydrogen-bond donors (Lipinski definition) is 3. The highest BCUT2D eigenvalue weighted by Gasteiger charge is 2.44. The first-order chi connectivity index (χ1) is 22.0. The predicted molar refractivity (Wildman–Crippen MR) is 168 cm³/mol. The van der Waals surface area contributed by atoms with Crippen LogP contribution >= 0.6 is 0 Å². The monoisotopic (exact) mass is 639 g/mol. The number of aliphatic hydroxyl groups is 1. The van der Waals surface area contributed by atoms with E-state index in [0.717, 1.165) is 18.4 Å². The maximum Gasteiger partial charge on any atom is 0.408 e. The molecule has 46 heavy (non-hydrogen) atoms. The smallest absolute Gasteiger partial charge is 0.408 e. The van der Waals surface area contributed by atoms with E-state index in [1.807, 2.05) is 60.8 Å². The number of alkyl halides is 1. The number of nitrogens with zero attached hydrogens (tertiary/aromatic N) is 3. The Morgan fingerprint density at radius 3 is 2.35 bits per heavy atom. The zero-order chi connectivity index (χ0) is 33.3. The van der Waals surface area contributed by atoms with Crippen LogP contribution in [0.1, 0.15) is 59.8 Å². The van der Waals surface area contributed by atoms with Crippen molar-refractivity contribution in [1.82, 2.24) is 25.5 Å². The molecule has 0 spiro atoms. The molecule has 1 unspecified atom stereocenters. The minimum Gasteiger partial charge on any atom is -0.471 e. The molecule has 248 valence electrons. The van der Waals surface area contributed by atoms with Crippen molar-refractivity contribution >= 4 is 28.9 Å². The summed E-state index contributed by atoms with van der Waals surface area (Å²) in [7, 11) is 0. The maximum absolute atomic E-state index is 14.2. The summed E-state index contributed by atoms with van der Waals surface area (Å²) >= 11 is 0. The molecule has 4 rings (SSSR count). The average molecular weight is 640 g/mol. The maximum atomic E-state index is 14.2. The molecule has 3 amide bonds. The molecule has 3 N–H and O–H groups in total. The quantitative estimate of drug-likeness (QED) is 0.140. The third kappa shape index (κ3) is 9.33. The molecule has 12 nitrogen and oxygen atoms in total. The van der Waals surface area contributed by atoms with Crippen molar-refractivity contribution in [2.75, 3.05) is 13.3 Å². The molecule has 2 aromatic carbocycles. The molecular formula is C33H42FN5O7. The van der Waals surface area contributed by atoms with Gasteiger partial charge in [0.1, 0.15) is 36.3 Å². The summed E-state index contributed by atoms with van der Waals surface area (Å²) in [6.07, 6.45) is 1.12. The molecule has 0 bridgehead atoms. The van der Waals surface area contributed by atoms with Gasteiger partial charge >= 0.3 is 6.09 Å². The van der Waals surface area contributed by atoms with Crippen LogP contribution in [0.15, 0.2) is 54.6 Å².